The summed E-state index contributed by atoms with van der Waals surface area (Å²) < 4.78 is 10.9. The highest BCUT2D eigenvalue weighted by Gasteiger charge is 2.27. The highest BCUT2D eigenvalue weighted by Crippen LogP contribution is 2.43. The first-order valence-corrected chi connectivity index (χ1v) is 9.34. The van der Waals surface area contributed by atoms with Gasteiger partial charge in [-0.05, 0) is 35.3 Å². The minimum Gasteiger partial charge on any atom is -0.496 e. The molecule has 4 heteroatoms. The minimum absolute atomic E-state index is 0.0522. The SMILES string of the molecule is COc1c(C2CCCCC2)cc(CC(=O)OCCO)cc1C(C)(C)C. The Morgan fingerprint density at radius 3 is 2.44 bits per heavy atom. The van der Waals surface area contributed by atoms with E-state index in [1.165, 1.54) is 37.7 Å². The lowest BCUT2D eigenvalue weighted by Gasteiger charge is -2.29. The van der Waals surface area contributed by atoms with E-state index in [4.69, 9.17) is 14.6 Å². The van der Waals surface area contributed by atoms with Crippen molar-refractivity contribution in [2.45, 2.75) is 70.6 Å². The molecule has 1 aliphatic rings. The second-order valence-corrected chi connectivity index (χ2v) is 7.97. The minimum atomic E-state index is -0.298. The van der Waals surface area contributed by atoms with Crippen LogP contribution in [0.25, 0.3) is 0 Å². The standard InChI is InChI=1S/C21H32O4/c1-21(2,3)18-13-15(14-19(23)25-11-10-22)12-17(20(18)24-4)16-8-6-5-7-9-16/h12-13,16,22H,5-11,14H2,1-4H3. The number of esters is 1. The zero-order chi connectivity index (χ0) is 18.4. The average molecular weight is 348 g/mol. The quantitative estimate of drug-likeness (QED) is 0.786. The predicted molar refractivity (Wildman–Crippen MR) is 99.3 cm³/mol. The highest BCUT2D eigenvalue weighted by atomic mass is 16.5. The number of aliphatic hydroxyl groups is 1. The number of ether oxygens (including phenoxy) is 2. The summed E-state index contributed by atoms with van der Waals surface area (Å²) in [6.07, 6.45) is 6.39. The molecule has 0 bridgehead atoms. The Kier molecular flexibility index (Phi) is 6.88. The van der Waals surface area contributed by atoms with E-state index in [1.54, 1.807) is 7.11 Å². The zero-order valence-corrected chi connectivity index (χ0v) is 16.1. The first-order valence-electron chi connectivity index (χ1n) is 9.34. The van der Waals surface area contributed by atoms with Gasteiger partial charge in [0.2, 0.25) is 0 Å². The third kappa shape index (κ3) is 5.21. The van der Waals surface area contributed by atoms with Gasteiger partial charge in [0, 0.05) is 5.56 Å². The fourth-order valence-electron chi connectivity index (χ4n) is 3.69. The lowest BCUT2D eigenvalue weighted by molar-refractivity contribution is -0.143. The molecule has 0 radical (unpaired) electrons. The normalized spacial score (nSPS) is 15.9. The lowest BCUT2D eigenvalue weighted by Crippen LogP contribution is -2.18. The largest absolute Gasteiger partial charge is 0.496 e. The number of carbonyl (C=O) groups excluding carboxylic acids is 1. The summed E-state index contributed by atoms with van der Waals surface area (Å²) >= 11 is 0. The maximum atomic E-state index is 12.0. The van der Waals surface area contributed by atoms with Crippen LogP contribution in [0.1, 0.15) is 75.5 Å². The highest BCUT2D eigenvalue weighted by molar-refractivity contribution is 5.73. The Hall–Kier alpha value is -1.55. The molecule has 1 aliphatic carbocycles. The fraction of sp³-hybridized carbons (Fsp3) is 0.667. The molecular formula is C21H32O4. The molecule has 1 fully saturated rings. The molecule has 1 N–H and O–H groups in total. The van der Waals surface area contributed by atoms with Crippen molar-refractivity contribution >= 4 is 5.97 Å². The van der Waals surface area contributed by atoms with Gasteiger partial charge < -0.3 is 14.6 Å². The molecule has 0 unspecified atom stereocenters. The molecule has 1 aromatic carbocycles. The van der Waals surface area contributed by atoms with Crippen LogP contribution in [0.15, 0.2) is 12.1 Å². The van der Waals surface area contributed by atoms with Crippen molar-refractivity contribution in [2.24, 2.45) is 0 Å². The van der Waals surface area contributed by atoms with Crippen LogP contribution in [0.4, 0.5) is 0 Å². The van der Waals surface area contributed by atoms with E-state index in [1.807, 2.05) is 0 Å². The maximum Gasteiger partial charge on any atom is 0.310 e. The Balaban J connectivity index is 2.41. The van der Waals surface area contributed by atoms with E-state index in [2.05, 4.69) is 32.9 Å². The van der Waals surface area contributed by atoms with Gasteiger partial charge in [-0.15, -0.1) is 0 Å². The lowest BCUT2D eigenvalue weighted by atomic mass is 9.78. The van der Waals surface area contributed by atoms with E-state index < -0.39 is 0 Å². The van der Waals surface area contributed by atoms with Crippen LogP contribution in [-0.2, 0) is 21.4 Å². The number of benzene rings is 1. The molecule has 1 aromatic rings. The third-order valence-electron chi connectivity index (χ3n) is 4.94. The van der Waals surface area contributed by atoms with Gasteiger partial charge in [0.05, 0.1) is 20.1 Å². The van der Waals surface area contributed by atoms with Gasteiger partial charge in [-0.2, -0.15) is 0 Å². The van der Waals surface area contributed by atoms with Crippen molar-refractivity contribution in [2.75, 3.05) is 20.3 Å². The van der Waals surface area contributed by atoms with Crippen LogP contribution in [0.5, 0.6) is 5.75 Å². The van der Waals surface area contributed by atoms with Crippen molar-refractivity contribution in [3.8, 4) is 5.75 Å². The average Bonchev–Trinajstić information content (AvgIpc) is 2.59. The van der Waals surface area contributed by atoms with Crippen molar-refractivity contribution in [3.63, 3.8) is 0 Å². The van der Waals surface area contributed by atoms with Gasteiger partial charge >= 0.3 is 5.97 Å². The molecule has 0 saturated heterocycles. The van der Waals surface area contributed by atoms with Gasteiger partial charge in [0.15, 0.2) is 0 Å². The third-order valence-corrected chi connectivity index (χ3v) is 4.94. The Labute approximate surface area is 151 Å². The summed E-state index contributed by atoms with van der Waals surface area (Å²) in [7, 11) is 1.74. The van der Waals surface area contributed by atoms with Crippen LogP contribution >= 0.6 is 0 Å². The summed E-state index contributed by atoms with van der Waals surface area (Å²) in [5.74, 6) is 1.18. The predicted octanol–water partition coefficient (Wildman–Crippen LogP) is 4.12. The van der Waals surface area contributed by atoms with Gasteiger partial charge in [-0.25, -0.2) is 0 Å². The summed E-state index contributed by atoms with van der Waals surface area (Å²) in [6.45, 7) is 6.42. The summed E-state index contributed by atoms with van der Waals surface area (Å²) in [4.78, 5) is 12.0. The van der Waals surface area contributed by atoms with Gasteiger partial charge in [0.1, 0.15) is 12.4 Å². The first-order chi connectivity index (χ1) is 11.9. The molecule has 0 atom stereocenters. The van der Waals surface area contributed by atoms with Gasteiger partial charge in [-0.3, -0.25) is 4.79 Å². The molecule has 0 aliphatic heterocycles. The van der Waals surface area contributed by atoms with E-state index in [0.29, 0.717) is 5.92 Å². The number of hydrogen-bond donors (Lipinski definition) is 1. The first kappa shape index (κ1) is 19.8. The number of hydrogen-bond acceptors (Lipinski definition) is 4. The second-order valence-electron chi connectivity index (χ2n) is 7.97. The molecule has 2 rings (SSSR count). The van der Waals surface area contributed by atoms with Crippen LogP contribution in [0, 0.1) is 0 Å². The molecule has 4 nitrogen and oxygen atoms in total. The van der Waals surface area contributed by atoms with Crippen molar-refractivity contribution < 1.29 is 19.4 Å². The summed E-state index contributed by atoms with van der Waals surface area (Å²) in [6, 6.07) is 4.20. The molecule has 0 aromatic heterocycles. The van der Waals surface area contributed by atoms with Gasteiger partial charge in [-0.1, -0.05) is 52.2 Å². The van der Waals surface area contributed by atoms with Gasteiger partial charge in [0.25, 0.3) is 0 Å². The Bertz CT molecular complexity index is 580. The smallest absolute Gasteiger partial charge is 0.310 e. The topological polar surface area (TPSA) is 55.8 Å². The maximum absolute atomic E-state index is 12.0. The van der Waals surface area contributed by atoms with E-state index in [-0.39, 0.29) is 31.0 Å². The second kappa shape index (κ2) is 8.70. The zero-order valence-electron chi connectivity index (χ0n) is 16.1. The van der Waals surface area contributed by atoms with Crippen molar-refractivity contribution in [1.82, 2.24) is 0 Å². The van der Waals surface area contributed by atoms with Crippen LogP contribution in [0.2, 0.25) is 0 Å². The number of rotatable bonds is 6. The number of carbonyl (C=O) groups is 1. The number of methoxy groups -OCH3 is 1. The van der Waals surface area contributed by atoms with Crippen molar-refractivity contribution in [1.29, 1.82) is 0 Å². The summed E-state index contributed by atoms with van der Waals surface area (Å²) in [5, 5.41) is 8.82. The fourth-order valence-corrected chi connectivity index (χ4v) is 3.69. The van der Waals surface area contributed by atoms with E-state index in [9.17, 15) is 4.79 Å². The molecule has 0 amide bonds. The van der Waals surface area contributed by atoms with E-state index >= 15 is 0 Å². The molecule has 1 saturated carbocycles. The molecule has 0 heterocycles. The van der Waals surface area contributed by atoms with E-state index in [0.717, 1.165) is 16.9 Å². The monoisotopic (exact) mass is 348 g/mol. The van der Waals surface area contributed by atoms with Crippen LogP contribution < -0.4 is 4.74 Å². The molecule has 140 valence electrons. The van der Waals surface area contributed by atoms with Crippen LogP contribution in [-0.4, -0.2) is 31.4 Å². The Morgan fingerprint density at radius 2 is 1.88 bits per heavy atom. The van der Waals surface area contributed by atoms with Crippen LogP contribution in [0.3, 0.4) is 0 Å². The molecule has 25 heavy (non-hydrogen) atoms. The number of aliphatic hydroxyl groups excluding tert-OH is 1. The van der Waals surface area contributed by atoms with Crippen molar-refractivity contribution in [3.05, 3.63) is 28.8 Å². The summed E-state index contributed by atoms with van der Waals surface area (Å²) in [5.41, 5.74) is 3.27. The Morgan fingerprint density at radius 1 is 1.20 bits per heavy atom. The molecule has 0 spiro atoms. The molecular weight excluding hydrogens is 316 g/mol.